The van der Waals surface area contributed by atoms with Gasteiger partial charge < -0.3 is 10.4 Å². The van der Waals surface area contributed by atoms with Crippen LogP contribution in [0.25, 0.3) is 0 Å². The van der Waals surface area contributed by atoms with Gasteiger partial charge in [0.05, 0.1) is 0 Å². The molecule has 20 heavy (non-hydrogen) atoms. The summed E-state index contributed by atoms with van der Waals surface area (Å²) in [5, 5.41) is 14.3. The number of rotatable bonds is 4. The second-order valence-corrected chi connectivity index (χ2v) is 5.25. The van der Waals surface area contributed by atoms with Crippen LogP contribution >= 0.6 is 23.8 Å². The Bertz CT molecular complexity index is 601. The minimum atomic E-state index is -0.749. The molecule has 0 aliphatic rings. The lowest BCUT2D eigenvalue weighted by molar-refractivity contribution is 0.220. The van der Waals surface area contributed by atoms with E-state index in [0.29, 0.717) is 10.0 Å². The van der Waals surface area contributed by atoms with Gasteiger partial charge in [-0.3, -0.25) is 0 Å². The first-order valence-electron chi connectivity index (χ1n) is 6.44. The van der Waals surface area contributed by atoms with Crippen molar-refractivity contribution in [3.05, 3.63) is 70.2 Å². The molecular formula is C16H16ClNOS. The van der Waals surface area contributed by atoms with Crippen LogP contribution in [-0.4, -0.2) is 16.6 Å². The highest BCUT2D eigenvalue weighted by atomic mass is 35.5. The molecule has 0 bridgehead atoms. The summed E-state index contributed by atoms with van der Waals surface area (Å²) in [6.07, 6.45) is -0.749. The zero-order valence-electron chi connectivity index (χ0n) is 11.1. The van der Waals surface area contributed by atoms with Crippen molar-refractivity contribution in [2.24, 2.45) is 0 Å². The van der Waals surface area contributed by atoms with Gasteiger partial charge in [-0.2, -0.15) is 0 Å². The molecule has 0 fully saturated rings. The van der Waals surface area contributed by atoms with Crippen molar-refractivity contribution >= 4 is 28.8 Å². The van der Waals surface area contributed by atoms with Gasteiger partial charge in [-0.25, -0.2) is 0 Å². The maximum absolute atomic E-state index is 10.6. The van der Waals surface area contributed by atoms with E-state index in [1.807, 2.05) is 43.3 Å². The SMILES string of the molecule is CCNC(=S)c1ccc(Cl)cc1C(O)c1ccccc1. The van der Waals surface area contributed by atoms with E-state index in [9.17, 15) is 5.11 Å². The van der Waals surface area contributed by atoms with E-state index >= 15 is 0 Å². The zero-order chi connectivity index (χ0) is 14.5. The van der Waals surface area contributed by atoms with Crippen LogP contribution in [0.1, 0.15) is 29.7 Å². The zero-order valence-corrected chi connectivity index (χ0v) is 12.7. The summed E-state index contributed by atoms with van der Waals surface area (Å²) >= 11 is 11.4. The number of thiocarbonyl (C=S) groups is 1. The summed E-state index contributed by atoms with van der Waals surface area (Å²) in [5.74, 6) is 0. The van der Waals surface area contributed by atoms with Crippen molar-refractivity contribution in [2.75, 3.05) is 6.54 Å². The Morgan fingerprint density at radius 1 is 1.25 bits per heavy atom. The van der Waals surface area contributed by atoms with E-state index in [1.165, 1.54) is 0 Å². The molecule has 2 rings (SSSR count). The molecule has 0 heterocycles. The Hall–Kier alpha value is -1.42. The second kappa shape index (κ2) is 6.84. The Kier molecular flexibility index (Phi) is 5.12. The first-order valence-corrected chi connectivity index (χ1v) is 7.22. The molecular weight excluding hydrogens is 290 g/mol. The Balaban J connectivity index is 2.44. The highest BCUT2D eigenvalue weighted by molar-refractivity contribution is 7.80. The summed E-state index contributed by atoms with van der Waals surface area (Å²) in [5.41, 5.74) is 2.34. The summed E-state index contributed by atoms with van der Waals surface area (Å²) in [6.45, 7) is 2.72. The van der Waals surface area contributed by atoms with E-state index in [1.54, 1.807) is 12.1 Å². The van der Waals surface area contributed by atoms with E-state index in [2.05, 4.69) is 5.32 Å². The Labute approximate surface area is 129 Å². The molecule has 2 aromatic rings. The number of hydrogen-bond acceptors (Lipinski definition) is 2. The van der Waals surface area contributed by atoms with Crippen LogP contribution in [0.2, 0.25) is 5.02 Å². The molecule has 2 aromatic carbocycles. The topological polar surface area (TPSA) is 32.3 Å². The summed E-state index contributed by atoms with van der Waals surface area (Å²) in [7, 11) is 0. The van der Waals surface area contributed by atoms with Crippen molar-refractivity contribution < 1.29 is 5.11 Å². The Morgan fingerprint density at radius 3 is 2.60 bits per heavy atom. The fourth-order valence-electron chi connectivity index (χ4n) is 2.04. The average Bonchev–Trinajstić information content (AvgIpc) is 2.47. The van der Waals surface area contributed by atoms with Gasteiger partial charge in [0, 0.05) is 17.1 Å². The molecule has 104 valence electrons. The lowest BCUT2D eigenvalue weighted by Crippen LogP contribution is -2.23. The van der Waals surface area contributed by atoms with E-state index in [4.69, 9.17) is 23.8 Å². The number of benzene rings is 2. The molecule has 2 N–H and O–H groups in total. The molecule has 0 spiro atoms. The van der Waals surface area contributed by atoms with E-state index in [-0.39, 0.29) is 0 Å². The molecule has 2 nitrogen and oxygen atoms in total. The number of aliphatic hydroxyl groups is 1. The monoisotopic (exact) mass is 305 g/mol. The third-order valence-corrected chi connectivity index (χ3v) is 3.60. The standard InChI is InChI=1S/C16H16ClNOS/c1-2-18-16(20)13-9-8-12(17)10-14(13)15(19)11-6-4-3-5-7-11/h3-10,15,19H,2H2,1H3,(H,18,20). The van der Waals surface area contributed by atoms with Crippen molar-refractivity contribution in [3.8, 4) is 0 Å². The van der Waals surface area contributed by atoms with Gasteiger partial charge in [0.2, 0.25) is 0 Å². The van der Waals surface area contributed by atoms with Crippen molar-refractivity contribution in [3.63, 3.8) is 0 Å². The molecule has 0 amide bonds. The number of hydrogen-bond donors (Lipinski definition) is 2. The third-order valence-electron chi connectivity index (χ3n) is 3.01. The molecule has 0 radical (unpaired) electrons. The molecule has 0 saturated carbocycles. The van der Waals surface area contributed by atoms with Gasteiger partial charge >= 0.3 is 0 Å². The predicted octanol–water partition coefficient (Wildman–Crippen LogP) is 3.71. The van der Waals surface area contributed by atoms with E-state index in [0.717, 1.165) is 23.2 Å². The number of nitrogens with one attached hydrogen (secondary N) is 1. The average molecular weight is 306 g/mol. The van der Waals surface area contributed by atoms with Gasteiger partial charge in [0.15, 0.2) is 0 Å². The van der Waals surface area contributed by atoms with Crippen molar-refractivity contribution in [1.29, 1.82) is 0 Å². The minimum absolute atomic E-state index is 0.582. The van der Waals surface area contributed by atoms with Crippen LogP contribution < -0.4 is 5.32 Å². The van der Waals surface area contributed by atoms with Crippen LogP contribution in [-0.2, 0) is 0 Å². The molecule has 4 heteroatoms. The Morgan fingerprint density at radius 2 is 1.95 bits per heavy atom. The van der Waals surface area contributed by atoms with Crippen LogP contribution in [0, 0.1) is 0 Å². The van der Waals surface area contributed by atoms with Crippen LogP contribution in [0.4, 0.5) is 0 Å². The fraction of sp³-hybridized carbons (Fsp3) is 0.188. The van der Waals surface area contributed by atoms with Crippen LogP contribution in [0.15, 0.2) is 48.5 Å². The number of halogens is 1. The number of aliphatic hydroxyl groups excluding tert-OH is 1. The maximum Gasteiger partial charge on any atom is 0.106 e. The molecule has 1 atom stereocenters. The molecule has 0 aliphatic heterocycles. The third kappa shape index (κ3) is 3.37. The quantitative estimate of drug-likeness (QED) is 0.845. The highest BCUT2D eigenvalue weighted by Gasteiger charge is 2.17. The van der Waals surface area contributed by atoms with Crippen LogP contribution in [0.3, 0.4) is 0 Å². The van der Waals surface area contributed by atoms with Gasteiger partial charge in [0.1, 0.15) is 11.1 Å². The van der Waals surface area contributed by atoms with E-state index < -0.39 is 6.10 Å². The van der Waals surface area contributed by atoms with Crippen molar-refractivity contribution in [1.82, 2.24) is 5.32 Å². The smallest absolute Gasteiger partial charge is 0.106 e. The largest absolute Gasteiger partial charge is 0.384 e. The summed E-state index contributed by atoms with van der Waals surface area (Å²) in [4.78, 5) is 0.620. The fourth-order valence-corrected chi connectivity index (χ4v) is 2.55. The summed E-state index contributed by atoms with van der Waals surface area (Å²) in [6, 6.07) is 14.8. The van der Waals surface area contributed by atoms with Gasteiger partial charge in [0.25, 0.3) is 0 Å². The van der Waals surface area contributed by atoms with Gasteiger partial charge in [-0.1, -0.05) is 60.2 Å². The molecule has 0 aliphatic carbocycles. The second-order valence-electron chi connectivity index (χ2n) is 4.40. The molecule has 1 unspecified atom stereocenters. The normalized spacial score (nSPS) is 11.9. The van der Waals surface area contributed by atoms with Crippen LogP contribution in [0.5, 0.6) is 0 Å². The van der Waals surface area contributed by atoms with Crippen molar-refractivity contribution in [2.45, 2.75) is 13.0 Å². The maximum atomic E-state index is 10.6. The lowest BCUT2D eigenvalue weighted by Gasteiger charge is -2.17. The van der Waals surface area contributed by atoms with Gasteiger partial charge in [-0.15, -0.1) is 0 Å². The minimum Gasteiger partial charge on any atom is -0.384 e. The molecule has 0 saturated heterocycles. The molecule has 0 aromatic heterocycles. The predicted molar refractivity (Wildman–Crippen MR) is 87.3 cm³/mol. The lowest BCUT2D eigenvalue weighted by atomic mass is 9.96. The highest BCUT2D eigenvalue weighted by Crippen LogP contribution is 2.27. The first kappa shape index (κ1) is 15.0. The van der Waals surface area contributed by atoms with Gasteiger partial charge in [-0.05, 0) is 30.2 Å². The first-order chi connectivity index (χ1) is 9.63. The summed E-state index contributed by atoms with van der Waals surface area (Å²) < 4.78 is 0.